The van der Waals surface area contributed by atoms with E-state index in [-0.39, 0.29) is 24.9 Å². The summed E-state index contributed by atoms with van der Waals surface area (Å²) in [6, 6.07) is 12.0. The highest BCUT2D eigenvalue weighted by atomic mass is 32.2. The van der Waals surface area contributed by atoms with Crippen LogP contribution in [0.2, 0.25) is 0 Å². The second kappa shape index (κ2) is 7.34. The van der Waals surface area contributed by atoms with E-state index in [4.69, 9.17) is 4.74 Å². The van der Waals surface area contributed by atoms with Crippen molar-refractivity contribution in [2.45, 2.75) is 23.0 Å². The standard InChI is InChI=1S/C21H20N2O3S2/c1-2-26-19(25)20-16(9-8-15-6-4-3-5-7-15)12-18(24)23(20)14-17(13-22)21(20)27-10-11-28-21/h3-9,14,16H,2,10-12H2,1H3/b9-8-/t16-,20+/m1/s1. The summed E-state index contributed by atoms with van der Waals surface area (Å²) < 4.78 is 4.69. The predicted molar refractivity (Wildman–Crippen MR) is 111 cm³/mol. The third kappa shape index (κ3) is 2.55. The molecule has 0 radical (unpaired) electrons. The molecular weight excluding hydrogens is 392 g/mol. The number of carbonyl (C=O) groups is 2. The van der Waals surface area contributed by atoms with Crippen molar-refractivity contribution in [3.63, 3.8) is 0 Å². The van der Waals surface area contributed by atoms with Crippen molar-refractivity contribution in [1.29, 1.82) is 5.26 Å². The van der Waals surface area contributed by atoms with Crippen LogP contribution in [0.15, 0.2) is 48.2 Å². The highest BCUT2D eigenvalue weighted by Gasteiger charge is 2.75. The van der Waals surface area contributed by atoms with Crippen LogP contribution in [-0.2, 0) is 14.3 Å². The Labute approximate surface area is 172 Å². The molecule has 28 heavy (non-hydrogen) atoms. The SMILES string of the molecule is CCOC(=O)[C@]12[C@H](/C=C\c3ccccc3)CC(=O)N1C=C(C#N)C21SCCS1. The van der Waals surface area contributed by atoms with Crippen LogP contribution in [0.5, 0.6) is 0 Å². The van der Waals surface area contributed by atoms with Gasteiger partial charge in [-0.15, -0.1) is 23.5 Å². The number of fused-ring (bicyclic) bond motifs is 2. The molecule has 3 heterocycles. The number of carbonyl (C=O) groups excluding carboxylic acids is 2. The van der Waals surface area contributed by atoms with Gasteiger partial charge in [-0.25, -0.2) is 4.79 Å². The first-order valence-corrected chi connectivity index (χ1v) is 11.2. The zero-order valence-electron chi connectivity index (χ0n) is 15.5. The van der Waals surface area contributed by atoms with Crippen molar-refractivity contribution >= 4 is 41.5 Å². The van der Waals surface area contributed by atoms with Gasteiger partial charge in [0.1, 0.15) is 4.08 Å². The Bertz CT molecular complexity index is 900. The number of hydrogen-bond donors (Lipinski definition) is 0. The summed E-state index contributed by atoms with van der Waals surface area (Å²) in [5, 5.41) is 9.80. The Morgan fingerprint density at radius 2 is 2.07 bits per heavy atom. The molecule has 2 atom stereocenters. The molecule has 4 rings (SSSR count). The van der Waals surface area contributed by atoms with Crippen molar-refractivity contribution in [2.24, 2.45) is 5.92 Å². The second-order valence-corrected chi connectivity index (χ2v) is 9.68. The maximum absolute atomic E-state index is 13.4. The molecule has 3 aliphatic rings. The van der Waals surface area contributed by atoms with Crippen LogP contribution < -0.4 is 0 Å². The molecular formula is C21H20N2O3S2. The first-order valence-electron chi connectivity index (χ1n) is 9.23. The monoisotopic (exact) mass is 412 g/mol. The molecule has 0 unspecified atom stereocenters. The molecule has 1 amide bonds. The zero-order chi connectivity index (χ0) is 19.8. The van der Waals surface area contributed by atoms with Crippen LogP contribution in [0.3, 0.4) is 0 Å². The lowest BCUT2D eigenvalue weighted by molar-refractivity contribution is -0.157. The van der Waals surface area contributed by atoms with E-state index in [0.29, 0.717) is 5.57 Å². The summed E-state index contributed by atoms with van der Waals surface area (Å²) in [6.07, 6.45) is 5.70. The smallest absolute Gasteiger partial charge is 0.335 e. The van der Waals surface area contributed by atoms with Gasteiger partial charge < -0.3 is 4.74 Å². The van der Waals surface area contributed by atoms with Gasteiger partial charge in [0, 0.05) is 30.0 Å². The fraction of sp³-hybridized carbons (Fsp3) is 0.381. The van der Waals surface area contributed by atoms with E-state index >= 15 is 0 Å². The molecule has 0 aromatic heterocycles. The van der Waals surface area contributed by atoms with Crippen LogP contribution in [-0.4, -0.2) is 44.5 Å². The van der Waals surface area contributed by atoms with E-state index in [0.717, 1.165) is 17.1 Å². The van der Waals surface area contributed by atoms with E-state index < -0.39 is 15.6 Å². The molecule has 1 spiro atoms. The molecule has 3 aliphatic heterocycles. The third-order valence-electron chi connectivity index (χ3n) is 5.42. The van der Waals surface area contributed by atoms with Gasteiger partial charge in [0.15, 0.2) is 5.54 Å². The minimum Gasteiger partial charge on any atom is -0.464 e. The first-order chi connectivity index (χ1) is 13.6. The van der Waals surface area contributed by atoms with Crippen LogP contribution in [0, 0.1) is 17.2 Å². The number of hydrogen-bond acceptors (Lipinski definition) is 6. The number of nitriles is 1. The largest absolute Gasteiger partial charge is 0.464 e. The predicted octanol–water partition coefficient (Wildman–Crippen LogP) is 3.45. The lowest BCUT2D eigenvalue weighted by atomic mass is 9.80. The normalized spacial score (nSPS) is 27.9. The van der Waals surface area contributed by atoms with Crippen molar-refractivity contribution in [3.8, 4) is 6.07 Å². The van der Waals surface area contributed by atoms with Gasteiger partial charge in [-0.1, -0.05) is 42.5 Å². The quantitative estimate of drug-likeness (QED) is 0.706. The zero-order valence-corrected chi connectivity index (χ0v) is 17.1. The molecule has 1 aromatic carbocycles. The fourth-order valence-electron chi connectivity index (χ4n) is 4.32. The Morgan fingerprint density at radius 3 is 2.71 bits per heavy atom. The molecule has 0 aliphatic carbocycles. The van der Waals surface area contributed by atoms with Crippen LogP contribution in [0.25, 0.3) is 6.08 Å². The number of rotatable bonds is 4. The summed E-state index contributed by atoms with van der Waals surface area (Å²) in [4.78, 5) is 27.8. The lowest BCUT2D eigenvalue weighted by Gasteiger charge is -2.43. The topological polar surface area (TPSA) is 70.4 Å². The average molecular weight is 413 g/mol. The van der Waals surface area contributed by atoms with Gasteiger partial charge in [0.25, 0.3) is 0 Å². The van der Waals surface area contributed by atoms with Crippen LogP contribution >= 0.6 is 23.5 Å². The fourth-order valence-corrected chi connectivity index (χ4v) is 8.01. The molecule has 2 fully saturated rings. The maximum Gasteiger partial charge on any atom is 0.335 e. The molecule has 144 valence electrons. The molecule has 2 saturated heterocycles. The van der Waals surface area contributed by atoms with Crippen molar-refractivity contribution < 1.29 is 14.3 Å². The van der Waals surface area contributed by atoms with Crippen molar-refractivity contribution in [2.75, 3.05) is 18.1 Å². The molecule has 0 bridgehead atoms. The summed E-state index contributed by atoms with van der Waals surface area (Å²) >= 11 is 3.17. The maximum atomic E-state index is 13.4. The summed E-state index contributed by atoms with van der Waals surface area (Å²) in [5.41, 5.74) is 0.251. The average Bonchev–Trinajstić information content (AvgIpc) is 3.37. The highest BCUT2D eigenvalue weighted by Crippen LogP contribution is 2.65. The van der Waals surface area contributed by atoms with Gasteiger partial charge in [0.05, 0.1) is 18.2 Å². The summed E-state index contributed by atoms with van der Waals surface area (Å²) in [5.74, 6) is 0.698. The van der Waals surface area contributed by atoms with E-state index in [1.807, 2.05) is 42.5 Å². The molecule has 0 saturated carbocycles. The number of nitrogens with zero attached hydrogens (tertiary/aromatic N) is 2. The minimum absolute atomic E-state index is 0.145. The number of ether oxygens (including phenoxy) is 1. The van der Waals surface area contributed by atoms with E-state index in [1.54, 1.807) is 36.6 Å². The molecule has 5 nitrogen and oxygen atoms in total. The second-order valence-electron chi connectivity index (χ2n) is 6.80. The Hall–Kier alpha value is -2.17. The minimum atomic E-state index is -1.22. The molecule has 7 heteroatoms. The van der Waals surface area contributed by atoms with Gasteiger partial charge in [-0.2, -0.15) is 5.26 Å². The number of amides is 1. The van der Waals surface area contributed by atoms with E-state index in [2.05, 4.69) is 6.07 Å². The van der Waals surface area contributed by atoms with Crippen LogP contribution in [0.1, 0.15) is 18.9 Å². The van der Waals surface area contributed by atoms with Gasteiger partial charge in [-0.3, -0.25) is 9.69 Å². The van der Waals surface area contributed by atoms with Gasteiger partial charge in [0.2, 0.25) is 5.91 Å². The first kappa shape index (κ1) is 19.2. The van der Waals surface area contributed by atoms with Crippen LogP contribution in [0.4, 0.5) is 0 Å². The molecule has 0 N–H and O–H groups in total. The Morgan fingerprint density at radius 1 is 1.36 bits per heavy atom. The summed E-state index contributed by atoms with van der Waals surface area (Å²) in [7, 11) is 0. The van der Waals surface area contributed by atoms with Crippen molar-refractivity contribution in [3.05, 3.63) is 53.7 Å². The lowest BCUT2D eigenvalue weighted by Crippen LogP contribution is -2.62. The van der Waals surface area contributed by atoms with Gasteiger partial charge >= 0.3 is 5.97 Å². The van der Waals surface area contributed by atoms with Crippen molar-refractivity contribution in [1.82, 2.24) is 4.90 Å². The Kier molecular flexibility index (Phi) is 5.02. The number of esters is 1. The molecule has 1 aromatic rings. The highest BCUT2D eigenvalue weighted by molar-refractivity contribution is 8.21. The summed E-state index contributed by atoms with van der Waals surface area (Å²) in [6.45, 7) is 1.99. The van der Waals surface area contributed by atoms with Gasteiger partial charge in [-0.05, 0) is 12.5 Å². The number of thioether (sulfide) groups is 2. The third-order valence-corrected chi connectivity index (χ3v) is 9.07. The van der Waals surface area contributed by atoms with E-state index in [1.165, 1.54) is 4.90 Å². The Balaban J connectivity index is 1.85. The number of benzene rings is 1. The van der Waals surface area contributed by atoms with E-state index in [9.17, 15) is 14.9 Å².